The Bertz CT molecular complexity index is 2060. The number of methoxy groups -OCH3 is 1. The van der Waals surface area contributed by atoms with Crippen LogP contribution in [0.15, 0.2) is 35.8 Å². The molecule has 3 fully saturated rings. The van der Waals surface area contributed by atoms with Gasteiger partial charge in [0.25, 0.3) is 5.91 Å². The fourth-order valence-corrected chi connectivity index (χ4v) is 9.39. The molecule has 3 saturated heterocycles. The second-order valence-corrected chi connectivity index (χ2v) is 16.9. The summed E-state index contributed by atoms with van der Waals surface area (Å²) in [6.45, 7) is 13.3. The number of carbonyl (C=O) groups excluding carboxylic acids is 2. The summed E-state index contributed by atoms with van der Waals surface area (Å²) in [6.07, 6.45) is 3.10. The summed E-state index contributed by atoms with van der Waals surface area (Å²) in [6, 6.07) is 7.96. The number of benzene rings is 1. The lowest BCUT2D eigenvalue weighted by Crippen LogP contribution is -2.72. The van der Waals surface area contributed by atoms with E-state index in [1.165, 1.54) is 16.3 Å². The number of thiazole rings is 1. The molecule has 7 bridgehead atoms. The molecule has 8 rings (SSSR count). The molecular formula is C40H51N7O6S. The zero-order valence-corrected chi connectivity index (χ0v) is 32.7. The van der Waals surface area contributed by atoms with Crippen molar-refractivity contribution >= 4 is 39.8 Å². The Morgan fingerprint density at radius 3 is 2.74 bits per heavy atom. The molecule has 4 aliphatic rings. The number of nitrogens with zero attached hydrogens (tertiary/aromatic N) is 5. The number of hydrazine groups is 1. The van der Waals surface area contributed by atoms with Gasteiger partial charge in [-0.1, -0.05) is 19.9 Å². The van der Waals surface area contributed by atoms with Crippen molar-refractivity contribution in [1.82, 2.24) is 25.0 Å². The van der Waals surface area contributed by atoms with Crippen LogP contribution in [-0.2, 0) is 47.9 Å². The number of pyridine rings is 1. The summed E-state index contributed by atoms with van der Waals surface area (Å²) < 4.78 is 26.1. The molecule has 7 heterocycles. The maximum absolute atomic E-state index is 14.1. The van der Waals surface area contributed by atoms with E-state index in [-0.39, 0.29) is 37.6 Å². The number of nitrogens with one attached hydrogen (secondary N) is 1. The molecule has 4 aliphatic heterocycles. The van der Waals surface area contributed by atoms with Crippen LogP contribution in [0, 0.1) is 11.3 Å². The molecule has 1 aromatic carbocycles. The van der Waals surface area contributed by atoms with Gasteiger partial charge in [0.15, 0.2) is 5.54 Å². The number of fused-ring (bicyclic) bond motifs is 6. The van der Waals surface area contributed by atoms with Gasteiger partial charge in [-0.25, -0.2) is 15.2 Å². The van der Waals surface area contributed by atoms with Gasteiger partial charge in [0.05, 0.1) is 79.2 Å². The van der Waals surface area contributed by atoms with Gasteiger partial charge in [-0.2, -0.15) is 0 Å². The van der Waals surface area contributed by atoms with E-state index in [0.717, 1.165) is 75.0 Å². The molecule has 0 aliphatic carbocycles. The molecule has 3 N–H and O–H groups in total. The molecule has 0 unspecified atom stereocenters. The summed E-state index contributed by atoms with van der Waals surface area (Å²) in [5.74, 6) is -0.714. The highest BCUT2D eigenvalue weighted by Crippen LogP contribution is 2.43. The van der Waals surface area contributed by atoms with Crippen LogP contribution in [0.1, 0.15) is 56.5 Å². The maximum Gasteiger partial charge on any atom is 0.330 e. The molecule has 54 heavy (non-hydrogen) atoms. The third-order valence-corrected chi connectivity index (χ3v) is 12.2. The number of aromatic nitrogens is 3. The number of cyclic esters (lactones) is 1. The Morgan fingerprint density at radius 1 is 1.15 bits per heavy atom. The van der Waals surface area contributed by atoms with Crippen molar-refractivity contribution < 1.29 is 28.5 Å². The van der Waals surface area contributed by atoms with E-state index in [1.54, 1.807) is 7.11 Å². The monoisotopic (exact) mass is 757 g/mol. The number of esters is 1. The predicted molar refractivity (Wildman–Crippen MR) is 207 cm³/mol. The number of hydrogen-bond donors (Lipinski definition) is 2. The van der Waals surface area contributed by atoms with Gasteiger partial charge in [-0.3, -0.25) is 14.8 Å². The van der Waals surface area contributed by atoms with E-state index in [1.807, 2.05) is 18.5 Å². The molecule has 1 amide bonds. The van der Waals surface area contributed by atoms with Crippen LogP contribution < -0.4 is 16.1 Å². The number of aryl methyl sites for hydroxylation is 1. The van der Waals surface area contributed by atoms with Crippen molar-refractivity contribution in [3.8, 4) is 22.5 Å². The first kappa shape index (κ1) is 37.0. The van der Waals surface area contributed by atoms with Gasteiger partial charge >= 0.3 is 5.97 Å². The largest absolute Gasteiger partial charge is 0.464 e. The molecule has 14 heteroatoms. The average molecular weight is 758 g/mol. The van der Waals surface area contributed by atoms with Crippen molar-refractivity contribution in [2.24, 2.45) is 17.1 Å². The Labute approximate surface area is 320 Å². The fourth-order valence-electron chi connectivity index (χ4n) is 8.53. The van der Waals surface area contributed by atoms with E-state index in [2.05, 4.69) is 59.9 Å². The number of rotatable bonds is 5. The number of carbonyl (C=O) groups is 2. The van der Waals surface area contributed by atoms with Crippen LogP contribution >= 0.6 is 11.3 Å². The third-order valence-electron chi connectivity index (χ3n) is 11.4. The van der Waals surface area contributed by atoms with Crippen LogP contribution in [0.4, 0.5) is 5.69 Å². The lowest BCUT2D eigenvalue weighted by Gasteiger charge is -2.48. The van der Waals surface area contributed by atoms with Crippen LogP contribution in [0.5, 0.6) is 0 Å². The highest BCUT2D eigenvalue weighted by atomic mass is 32.1. The molecule has 0 radical (unpaired) electrons. The van der Waals surface area contributed by atoms with Crippen molar-refractivity contribution in [2.75, 3.05) is 64.7 Å². The molecular weight excluding hydrogens is 707 g/mol. The Kier molecular flexibility index (Phi) is 10.0. The molecule has 13 nitrogen and oxygen atoms in total. The molecule has 1 spiro atoms. The summed E-state index contributed by atoms with van der Waals surface area (Å²) in [4.78, 5) is 40.3. The standard InChI is InChI=1S/C40H51N7O6S/c1-6-46-33-8-7-26-13-28(33)30(36(46)29-14-27(45-9-11-51-12-10-45)18-42-35(29)24(2)50-5)17-39(3,4)22-53-38(49)40-16-25(20-52-23-40)19-47(44-40)37(48)31(41)15-34-43-32(26)21-54-34/h7-8,13-14,18,21,24-25,31,44H,6,9-12,15-17,19-20,22-23,41H2,1-5H3/t24-,25-,31-,40-/m0/s1. The van der Waals surface area contributed by atoms with Gasteiger partial charge in [0.1, 0.15) is 0 Å². The molecule has 288 valence electrons. The normalized spacial score (nSPS) is 25.4. The quantitative estimate of drug-likeness (QED) is 0.278. The summed E-state index contributed by atoms with van der Waals surface area (Å²) in [5.41, 5.74) is 16.2. The Hall–Kier alpha value is -3.92. The van der Waals surface area contributed by atoms with E-state index in [4.69, 9.17) is 34.6 Å². The van der Waals surface area contributed by atoms with Crippen LogP contribution in [0.25, 0.3) is 33.4 Å². The highest BCUT2D eigenvalue weighted by Gasteiger charge is 2.51. The molecule has 0 saturated carbocycles. The fraction of sp³-hybridized carbons (Fsp3) is 0.550. The number of amides is 1. The van der Waals surface area contributed by atoms with E-state index >= 15 is 0 Å². The summed E-state index contributed by atoms with van der Waals surface area (Å²) >= 11 is 1.50. The lowest BCUT2D eigenvalue weighted by atomic mass is 9.83. The van der Waals surface area contributed by atoms with Gasteiger partial charge < -0.3 is 34.1 Å². The zero-order valence-electron chi connectivity index (χ0n) is 31.9. The second kappa shape index (κ2) is 14.6. The maximum atomic E-state index is 14.1. The third kappa shape index (κ3) is 6.81. The van der Waals surface area contributed by atoms with E-state index in [9.17, 15) is 9.59 Å². The van der Waals surface area contributed by atoms with E-state index in [0.29, 0.717) is 39.2 Å². The summed E-state index contributed by atoms with van der Waals surface area (Å²) in [5, 5.41) is 5.44. The topological polar surface area (TPSA) is 146 Å². The highest BCUT2D eigenvalue weighted by molar-refractivity contribution is 7.10. The lowest BCUT2D eigenvalue weighted by molar-refractivity contribution is -0.179. The van der Waals surface area contributed by atoms with Crippen LogP contribution in [0.2, 0.25) is 0 Å². The SMILES string of the molecule is CCn1c(-c2cc(N3CCOCC3)cnc2[C@H](C)OC)c2c3cc(ccc31)-c1csc(n1)C[C@H](N)C(=O)N1C[C@H]3COC[C@](C3)(N1)C(=O)OCC(C)(C)C2. The number of ether oxygens (including phenoxy) is 4. The van der Waals surface area contributed by atoms with Crippen LogP contribution in [0.3, 0.4) is 0 Å². The minimum Gasteiger partial charge on any atom is -0.464 e. The molecule has 4 atom stereocenters. The van der Waals surface area contributed by atoms with Crippen molar-refractivity contribution in [2.45, 2.75) is 71.2 Å². The number of hydrogen-bond acceptors (Lipinski definition) is 12. The molecule has 3 aromatic heterocycles. The van der Waals surface area contributed by atoms with Crippen molar-refractivity contribution in [3.05, 3.63) is 52.1 Å². The van der Waals surface area contributed by atoms with Gasteiger partial charge in [0, 0.05) is 78.5 Å². The number of nitrogens with two attached hydrogens (primary N) is 1. The zero-order chi connectivity index (χ0) is 37.8. The van der Waals surface area contributed by atoms with E-state index < -0.39 is 23.0 Å². The number of anilines is 1. The van der Waals surface area contributed by atoms with Crippen molar-refractivity contribution in [3.63, 3.8) is 0 Å². The Morgan fingerprint density at radius 2 is 1.96 bits per heavy atom. The van der Waals surface area contributed by atoms with Gasteiger partial charge in [-0.05, 0) is 50.5 Å². The van der Waals surface area contributed by atoms with Gasteiger partial charge in [0.2, 0.25) is 0 Å². The average Bonchev–Trinajstić information content (AvgIpc) is 3.77. The smallest absolute Gasteiger partial charge is 0.330 e. The second-order valence-electron chi connectivity index (χ2n) is 16.0. The number of morpholine rings is 1. The first-order valence-electron chi connectivity index (χ1n) is 19.0. The first-order chi connectivity index (χ1) is 26.0. The van der Waals surface area contributed by atoms with Gasteiger partial charge in [-0.15, -0.1) is 11.3 Å². The minimum absolute atomic E-state index is 0.0195. The summed E-state index contributed by atoms with van der Waals surface area (Å²) in [7, 11) is 1.72. The predicted octanol–water partition coefficient (Wildman–Crippen LogP) is 4.51. The minimum atomic E-state index is -1.18. The van der Waals surface area contributed by atoms with Crippen LogP contribution in [-0.4, -0.2) is 103 Å². The molecule has 4 aromatic rings. The first-order valence-corrected chi connectivity index (χ1v) is 19.9. The van der Waals surface area contributed by atoms with Crippen molar-refractivity contribution in [1.29, 1.82) is 0 Å². The Balaban J connectivity index is 1.30.